The van der Waals surface area contributed by atoms with Crippen LogP contribution in [-0.4, -0.2) is 38.7 Å². The van der Waals surface area contributed by atoms with Crippen LogP contribution in [0.3, 0.4) is 0 Å². The lowest BCUT2D eigenvalue weighted by molar-refractivity contribution is -0.154. The lowest BCUT2D eigenvalue weighted by atomic mass is 9.99. The molecule has 1 rings (SSSR count). The van der Waals surface area contributed by atoms with Gasteiger partial charge in [0.15, 0.2) is 0 Å². The Kier molecular flexibility index (Phi) is 5.68. The summed E-state index contributed by atoms with van der Waals surface area (Å²) in [7, 11) is 4.08. The van der Waals surface area contributed by atoms with Gasteiger partial charge in [0.05, 0.1) is 33.0 Å². The van der Waals surface area contributed by atoms with Crippen LogP contribution in [0, 0.1) is 0 Å². The van der Waals surface area contributed by atoms with E-state index < -0.39 is 24.7 Å². The minimum absolute atomic E-state index is 0.0977. The Labute approximate surface area is 120 Å². The Morgan fingerprint density at radius 1 is 1.10 bits per heavy atom. The number of halogens is 3. The van der Waals surface area contributed by atoms with Gasteiger partial charge >= 0.3 is 6.18 Å². The summed E-state index contributed by atoms with van der Waals surface area (Å²) in [5.41, 5.74) is 5.13. The Hall–Kier alpha value is -1.67. The van der Waals surface area contributed by atoms with Crippen molar-refractivity contribution in [3.63, 3.8) is 0 Å². The van der Waals surface area contributed by atoms with Crippen molar-refractivity contribution in [2.24, 2.45) is 5.73 Å². The van der Waals surface area contributed by atoms with E-state index in [2.05, 4.69) is 0 Å². The highest BCUT2D eigenvalue weighted by molar-refractivity contribution is 5.51. The summed E-state index contributed by atoms with van der Waals surface area (Å²) >= 11 is 0. The van der Waals surface area contributed by atoms with Crippen molar-refractivity contribution >= 4 is 0 Å². The first kappa shape index (κ1) is 17.4. The van der Waals surface area contributed by atoms with Crippen LogP contribution in [0.1, 0.15) is 18.1 Å². The van der Waals surface area contributed by atoms with Crippen molar-refractivity contribution < 1.29 is 32.5 Å². The summed E-state index contributed by atoms with van der Waals surface area (Å²) in [6, 6.07) is 0.740. The number of benzene rings is 1. The van der Waals surface area contributed by atoms with Crippen LogP contribution in [0.4, 0.5) is 13.2 Å². The van der Waals surface area contributed by atoms with Gasteiger partial charge in [-0.25, -0.2) is 0 Å². The Balaban J connectivity index is 3.15. The molecule has 0 aliphatic heterocycles. The highest BCUT2D eigenvalue weighted by Gasteiger charge is 2.39. The van der Waals surface area contributed by atoms with Crippen LogP contribution >= 0.6 is 0 Å². The maximum absolute atomic E-state index is 12.5. The summed E-state index contributed by atoms with van der Waals surface area (Å²) < 4.78 is 52.6. The van der Waals surface area contributed by atoms with E-state index in [0.29, 0.717) is 5.75 Å². The molecule has 3 N–H and O–H groups in total. The van der Waals surface area contributed by atoms with Crippen molar-refractivity contribution in [3.05, 3.63) is 17.7 Å². The SMILES string of the molecule is COc1cc(OC)c([C@@H](O)C[C@@H](N)C(F)(F)F)c(OC)c1. The molecule has 0 fully saturated rings. The van der Waals surface area contributed by atoms with Gasteiger partial charge in [-0.3, -0.25) is 0 Å². The zero-order valence-corrected chi connectivity index (χ0v) is 11.9. The average molecular weight is 309 g/mol. The number of methoxy groups -OCH3 is 3. The van der Waals surface area contributed by atoms with Crippen LogP contribution in [-0.2, 0) is 0 Å². The molecule has 120 valence electrons. The molecule has 0 saturated heterocycles. The zero-order valence-electron chi connectivity index (χ0n) is 11.9. The monoisotopic (exact) mass is 309 g/mol. The van der Waals surface area contributed by atoms with Gasteiger partial charge < -0.3 is 25.1 Å². The maximum Gasteiger partial charge on any atom is 0.403 e. The predicted molar refractivity (Wildman–Crippen MR) is 69.7 cm³/mol. The largest absolute Gasteiger partial charge is 0.496 e. The number of nitrogens with two attached hydrogens (primary N) is 1. The van der Waals surface area contributed by atoms with Gasteiger partial charge in [-0.15, -0.1) is 0 Å². The van der Waals surface area contributed by atoms with E-state index in [1.165, 1.54) is 33.5 Å². The second-order valence-electron chi connectivity index (χ2n) is 4.35. The molecule has 0 radical (unpaired) electrons. The highest BCUT2D eigenvalue weighted by atomic mass is 19.4. The Morgan fingerprint density at radius 3 is 1.90 bits per heavy atom. The van der Waals surface area contributed by atoms with E-state index in [1.807, 2.05) is 0 Å². The van der Waals surface area contributed by atoms with Gasteiger partial charge in [-0.2, -0.15) is 13.2 Å². The van der Waals surface area contributed by atoms with Crippen LogP contribution in [0.15, 0.2) is 12.1 Å². The highest BCUT2D eigenvalue weighted by Crippen LogP contribution is 2.40. The van der Waals surface area contributed by atoms with Crippen molar-refractivity contribution in [2.75, 3.05) is 21.3 Å². The first-order chi connectivity index (χ1) is 9.74. The van der Waals surface area contributed by atoms with Gasteiger partial charge in [0.1, 0.15) is 23.3 Å². The molecule has 0 aromatic heterocycles. The predicted octanol–water partition coefficient (Wildman–Crippen LogP) is 2.03. The molecule has 8 heteroatoms. The number of hydrogen-bond acceptors (Lipinski definition) is 5. The molecule has 1 aromatic rings. The average Bonchev–Trinajstić information content (AvgIpc) is 2.44. The molecule has 0 bridgehead atoms. The van der Waals surface area contributed by atoms with E-state index in [-0.39, 0.29) is 17.1 Å². The first-order valence-corrected chi connectivity index (χ1v) is 6.04. The van der Waals surface area contributed by atoms with E-state index in [1.54, 1.807) is 0 Å². The summed E-state index contributed by atoms with van der Waals surface area (Å²) in [4.78, 5) is 0. The number of aliphatic hydroxyl groups excluding tert-OH is 1. The zero-order chi connectivity index (χ0) is 16.2. The lowest BCUT2D eigenvalue weighted by Crippen LogP contribution is -2.38. The molecule has 1 aromatic carbocycles. The number of aliphatic hydroxyl groups is 1. The van der Waals surface area contributed by atoms with Gasteiger partial charge in [0.2, 0.25) is 0 Å². The summed E-state index contributed by atoms with van der Waals surface area (Å²) in [5.74, 6) is 0.709. The third-order valence-electron chi connectivity index (χ3n) is 2.98. The van der Waals surface area contributed by atoms with E-state index in [4.69, 9.17) is 19.9 Å². The molecule has 0 amide bonds. The molecule has 0 spiro atoms. The Morgan fingerprint density at radius 2 is 1.57 bits per heavy atom. The van der Waals surface area contributed by atoms with Crippen molar-refractivity contribution in [2.45, 2.75) is 24.7 Å². The second kappa shape index (κ2) is 6.86. The van der Waals surface area contributed by atoms with Gasteiger partial charge in [-0.05, 0) is 0 Å². The smallest absolute Gasteiger partial charge is 0.403 e. The van der Waals surface area contributed by atoms with Crippen LogP contribution in [0.25, 0.3) is 0 Å². The minimum Gasteiger partial charge on any atom is -0.496 e. The number of hydrogen-bond donors (Lipinski definition) is 2. The fraction of sp³-hybridized carbons (Fsp3) is 0.538. The van der Waals surface area contributed by atoms with E-state index in [9.17, 15) is 18.3 Å². The maximum atomic E-state index is 12.5. The third-order valence-corrected chi connectivity index (χ3v) is 2.98. The van der Waals surface area contributed by atoms with Gasteiger partial charge in [0.25, 0.3) is 0 Å². The molecule has 0 saturated carbocycles. The molecule has 21 heavy (non-hydrogen) atoms. The fourth-order valence-corrected chi connectivity index (χ4v) is 1.85. The van der Waals surface area contributed by atoms with Crippen LogP contribution in [0.5, 0.6) is 17.2 Å². The first-order valence-electron chi connectivity index (χ1n) is 6.04. The third kappa shape index (κ3) is 4.15. The number of alkyl halides is 3. The normalized spacial score (nSPS) is 14.5. The van der Waals surface area contributed by atoms with Crippen molar-refractivity contribution in [3.8, 4) is 17.2 Å². The second-order valence-corrected chi connectivity index (χ2v) is 4.35. The molecular weight excluding hydrogens is 291 g/mol. The molecule has 5 nitrogen and oxygen atoms in total. The number of ether oxygens (including phenoxy) is 3. The molecule has 2 atom stereocenters. The standard InChI is InChI=1S/C13H18F3NO4/c1-19-7-4-9(20-2)12(10(5-7)21-3)8(18)6-11(17)13(14,15)16/h4-5,8,11,18H,6,17H2,1-3H3/t8-,11+/m0/s1. The molecule has 0 aliphatic carbocycles. The summed E-state index contributed by atoms with van der Waals surface area (Å²) in [6.07, 6.45) is -6.78. The fourth-order valence-electron chi connectivity index (χ4n) is 1.85. The molecule has 0 heterocycles. The van der Waals surface area contributed by atoms with Crippen molar-refractivity contribution in [1.29, 1.82) is 0 Å². The van der Waals surface area contributed by atoms with E-state index in [0.717, 1.165) is 0 Å². The van der Waals surface area contributed by atoms with Crippen LogP contribution < -0.4 is 19.9 Å². The summed E-state index contributed by atoms with van der Waals surface area (Å²) in [5, 5.41) is 10.1. The Bertz CT molecular complexity index is 454. The lowest BCUT2D eigenvalue weighted by Gasteiger charge is -2.22. The minimum atomic E-state index is -4.59. The van der Waals surface area contributed by atoms with Crippen LogP contribution in [0.2, 0.25) is 0 Å². The van der Waals surface area contributed by atoms with Crippen molar-refractivity contribution in [1.82, 2.24) is 0 Å². The van der Waals surface area contributed by atoms with Gasteiger partial charge in [0, 0.05) is 18.6 Å². The number of rotatable bonds is 6. The molecule has 0 unspecified atom stereocenters. The quantitative estimate of drug-likeness (QED) is 0.841. The molecular formula is C13H18F3NO4. The summed E-state index contributed by atoms with van der Waals surface area (Å²) in [6.45, 7) is 0. The topological polar surface area (TPSA) is 73.9 Å². The van der Waals surface area contributed by atoms with E-state index >= 15 is 0 Å². The van der Waals surface area contributed by atoms with Gasteiger partial charge in [-0.1, -0.05) is 0 Å². The molecule has 0 aliphatic rings.